The Morgan fingerprint density at radius 2 is 2.00 bits per heavy atom. The maximum Gasteiger partial charge on any atom is 0.317 e. The second-order valence-corrected chi connectivity index (χ2v) is 9.62. The van der Waals surface area contributed by atoms with Crippen LogP contribution in [0.4, 0.5) is 13.6 Å². The van der Waals surface area contributed by atoms with Crippen molar-refractivity contribution in [2.24, 2.45) is 5.92 Å². The monoisotopic (exact) mass is 426 g/mol. The third-order valence-electron chi connectivity index (χ3n) is 7.41. The summed E-state index contributed by atoms with van der Waals surface area (Å²) in [5.41, 5.74) is 2.14. The van der Waals surface area contributed by atoms with E-state index in [0.29, 0.717) is 11.8 Å². The Balaban J connectivity index is 1.46. The fourth-order valence-corrected chi connectivity index (χ4v) is 6.04. The summed E-state index contributed by atoms with van der Waals surface area (Å²) in [5, 5.41) is 11.8. The van der Waals surface area contributed by atoms with Gasteiger partial charge in [-0.1, -0.05) is 6.07 Å². The van der Waals surface area contributed by atoms with E-state index >= 15 is 0 Å². The summed E-state index contributed by atoms with van der Waals surface area (Å²) in [6, 6.07) is 5.81. The van der Waals surface area contributed by atoms with Gasteiger partial charge in [-0.2, -0.15) is 10.2 Å². The van der Waals surface area contributed by atoms with Crippen LogP contribution in [-0.2, 0) is 5.41 Å². The molecule has 1 aromatic carbocycles. The molecule has 2 amide bonds. The Morgan fingerprint density at radius 1 is 1.23 bits per heavy atom. The van der Waals surface area contributed by atoms with Crippen LogP contribution in [-0.4, -0.2) is 40.3 Å². The maximum atomic E-state index is 14.3. The van der Waals surface area contributed by atoms with Crippen molar-refractivity contribution in [1.29, 1.82) is 0 Å². The molecule has 1 aliphatic heterocycles. The van der Waals surface area contributed by atoms with Gasteiger partial charge in [0.2, 0.25) is 0 Å². The number of urea groups is 1. The van der Waals surface area contributed by atoms with Crippen molar-refractivity contribution in [2.75, 3.05) is 13.1 Å². The number of nitrogens with one attached hydrogen (secondary N) is 1. The van der Waals surface area contributed by atoms with Gasteiger partial charge < -0.3 is 10.2 Å². The number of hydrogen-bond donors (Lipinski definition) is 1. The molecular weight excluding hydrogens is 398 g/mol. The molecule has 2 heterocycles. The van der Waals surface area contributed by atoms with E-state index in [4.69, 9.17) is 0 Å². The summed E-state index contributed by atoms with van der Waals surface area (Å²) in [4.78, 5) is 14.5. The molecule has 1 N–H and O–H groups in total. The fourth-order valence-electron chi connectivity index (χ4n) is 6.04. The summed E-state index contributed by atoms with van der Waals surface area (Å²) in [7, 11) is 0. The quantitative estimate of drug-likeness (QED) is 0.769. The van der Waals surface area contributed by atoms with E-state index < -0.39 is 11.6 Å². The van der Waals surface area contributed by atoms with Crippen molar-refractivity contribution in [3.8, 4) is 11.3 Å². The highest BCUT2D eigenvalue weighted by Gasteiger charge is 2.55. The zero-order valence-electron chi connectivity index (χ0n) is 18.0. The Hall–Kier alpha value is -2.57. The van der Waals surface area contributed by atoms with Crippen molar-refractivity contribution in [1.82, 2.24) is 20.4 Å². The number of carbonyl (C=O) groups is 1. The molecule has 31 heavy (non-hydrogen) atoms. The van der Waals surface area contributed by atoms with Crippen LogP contribution in [0.25, 0.3) is 11.3 Å². The van der Waals surface area contributed by atoms with E-state index in [1.165, 1.54) is 18.2 Å². The van der Waals surface area contributed by atoms with Gasteiger partial charge in [0, 0.05) is 24.5 Å². The van der Waals surface area contributed by atoms with Crippen LogP contribution in [0, 0.1) is 17.6 Å². The second-order valence-electron chi connectivity index (χ2n) is 9.62. The summed E-state index contributed by atoms with van der Waals surface area (Å²) in [6.07, 6.45) is 5.11. The highest BCUT2D eigenvalue weighted by molar-refractivity contribution is 5.74. The van der Waals surface area contributed by atoms with Crippen molar-refractivity contribution < 1.29 is 13.6 Å². The van der Waals surface area contributed by atoms with Gasteiger partial charge in [0.05, 0.1) is 17.0 Å². The van der Waals surface area contributed by atoms with Gasteiger partial charge >= 0.3 is 6.03 Å². The summed E-state index contributed by atoms with van der Waals surface area (Å²) >= 11 is 0. The van der Waals surface area contributed by atoms with Gasteiger partial charge in [0.25, 0.3) is 0 Å². The fraction of sp³-hybridized carbons (Fsp3) is 0.542. The van der Waals surface area contributed by atoms with Crippen LogP contribution in [0.1, 0.15) is 63.1 Å². The highest BCUT2D eigenvalue weighted by Crippen LogP contribution is 2.61. The van der Waals surface area contributed by atoms with E-state index in [0.717, 1.165) is 56.5 Å². The standard InChI is InChI=1S/C24H28F2N4O/c1-14(2)27-23(31)30-10-4-5-16(13-30)24-9-8-15(12-24)17-11-20(28-29-22(17)24)21-18(25)6-3-7-19(21)26/h3,6-7,11,14-16H,4-5,8-10,12-13H2,1-2H3,(H,27,31)/t15-,16+,24+/m1/s1. The Morgan fingerprint density at radius 3 is 2.74 bits per heavy atom. The zero-order valence-corrected chi connectivity index (χ0v) is 18.0. The van der Waals surface area contributed by atoms with Crippen molar-refractivity contribution in [3.63, 3.8) is 0 Å². The van der Waals surface area contributed by atoms with Crippen LogP contribution < -0.4 is 5.32 Å². The molecular formula is C24H28F2N4O. The number of benzene rings is 1. The average Bonchev–Trinajstić information content (AvgIpc) is 3.32. The molecule has 5 nitrogen and oxygen atoms in total. The smallest absolute Gasteiger partial charge is 0.317 e. The number of amides is 2. The predicted octanol–water partition coefficient (Wildman–Crippen LogP) is 4.77. The molecule has 3 atom stereocenters. The molecule has 2 aromatic rings. The molecule has 5 rings (SSSR count). The number of aromatic nitrogens is 2. The number of fused-ring (bicyclic) bond motifs is 5. The number of piperidine rings is 1. The van der Waals surface area contributed by atoms with E-state index in [-0.39, 0.29) is 28.7 Å². The second kappa shape index (κ2) is 7.53. The molecule has 1 saturated heterocycles. The first-order chi connectivity index (χ1) is 14.9. The number of hydrogen-bond acceptors (Lipinski definition) is 3. The molecule has 164 valence electrons. The van der Waals surface area contributed by atoms with Crippen LogP contribution >= 0.6 is 0 Å². The molecule has 1 saturated carbocycles. The Kier molecular flexibility index (Phi) is 4.94. The van der Waals surface area contributed by atoms with Crippen molar-refractivity contribution in [3.05, 3.63) is 47.2 Å². The SMILES string of the molecule is CC(C)NC(=O)N1CCC[C@H]([C@]23CC[C@H](C2)c2cc(-c4c(F)cccc4F)nnc23)C1. The molecule has 7 heteroatoms. The first kappa shape index (κ1) is 20.3. The van der Waals surface area contributed by atoms with Gasteiger partial charge in [-0.05, 0) is 81.5 Å². The Labute approximate surface area is 181 Å². The number of halogens is 2. The summed E-state index contributed by atoms with van der Waals surface area (Å²) in [6.45, 7) is 5.44. The topological polar surface area (TPSA) is 58.1 Å². The van der Waals surface area contributed by atoms with E-state index in [1.807, 2.05) is 24.8 Å². The third kappa shape index (κ3) is 3.29. The molecule has 0 radical (unpaired) electrons. The minimum absolute atomic E-state index is 0.000303. The Bertz CT molecular complexity index is 1010. The lowest BCUT2D eigenvalue weighted by molar-refractivity contribution is 0.124. The molecule has 0 spiro atoms. The van der Waals surface area contributed by atoms with Crippen LogP contribution in [0.5, 0.6) is 0 Å². The molecule has 2 bridgehead atoms. The van der Waals surface area contributed by atoms with Gasteiger partial charge in [-0.25, -0.2) is 13.6 Å². The molecule has 2 fully saturated rings. The van der Waals surface area contributed by atoms with Crippen molar-refractivity contribution in [2.45, 2.75) is 63.3 Å². The molecule has 0 unspecified atom stereocenters. The number of carbonyl (C=O) groups excluding carboxylic acids is 1. The number of likely N-dealkylation sites (tertiary alicyclic amines) is 1. The number of rotatable bonds is 3. The molecule has 3 aliphatic rings. The van der Waals surface area contributed by atoms with Crippen LogP contribution in [0.2, 0.25) is 0 Å². The lowest BCUT2D eigenvalue weighted by Gasteiger charge is -2.42. The summed E-state index contributed by atoms with van der Waals surface area (Å²) < 4.78 is 28.6. The average molecular weight is 427 g/mol. The lowest BCUT2D eigenvalue weighted by Crippen LogP contribution is -2.51. The number of nitrogens with zero attached hydrogens (tertiary/aromatic N) is 3. The molecule has 2 aliphatic carbocycles. The van der Waals surface area contributed by atoms with Crippen molar-refractivity contribution >= 4 is 6.03 Å². The minimum atomic E-state index is -0.619. The van der Waals surface area contributed by atoms with Crippen LogP contribution in [0.3, 0.4) is 0 Å². The van der Waals surface area contributed by atoms with Gasteiger partial charge in [-0.3, -0.25) is 0 Å². The third-order valence-corrected chi connectivity index (χ3v) is 7.41. The normalized spacial score (nSPS) is 26.9. The summed E-state index contributed by atoms with van der Waals surface area (Å²) in [5.74, 6) is -0.563. The maximum absolute atomic E-state index is 14.3. The van der Waals surface area contributed by atoms with E-state index in [2.05, 4.69) is 15.5 Å². The first-order valence-corrected chi connectivity index (χ1v) is 11.3. The minimum Gasteiger partial charge on any atom is -0.336 e. The van der Waals surface area contributed by atoms with Gasteiger partial charge in [0.15, 0.2) is 0 Å². The molecule has 1 aromatic heterocycles. The first-order valence-electron chi connectivity index (χ1n) is 11.3. The van der Waals surface area contributed by atoms with E-state index in [1.54, 1.807) is 0 Å². The lowest BCUT2D eigenvalue weighted by atomic mass is 9.69. The van der Waals surface area contributed by atoms with E-state index in [9.17, 15) is 13.6 Å². The zero-order chi connectivity index (χ0) is 21.8. The highest BCUT2D eigenvalue weighted by atomic mass is 19.1. The van der Waals surface area contributed by atoms with Crippen LogP contribution in [0.15, 0.2) is 24.3 Å². The largest absolute Gasteiger partial charge is 0.336 e. The van der Waals surface area contributed by atoms with Gasteiger partial charge in [-0.15, -0.1) is 0 Å². The predicted molar refractivity (Wildman–Crippen MR) is 114 cm³/mol. The van der Waals surface area contributed by atoms with Gasteiger partial charge in [0.1, 0.15) is 11.6 Å².